The van der Waals surface area contributed by atoms with Gasteiger partial charge in [-0.2, -0.15) is 0 Å². The number of rotatable bonds is 1. The average molecular weight is 254 g/mol. The van der Waals surface area contributed by atoms with Crippen LogP contribution >= 0.6 is 15.9 Å². The van der Waals surface area contributed by atoms with E-state index in [0.717, 1.165) is 4.47 Å². The molecule has 1 fully saturated rings. The lowest BCUT2D eigenvalue weighted by Gasteiger charge is -2.28. The number of hydrogen-bond acceptors (Lipinski definition) is 1. The SMILES string of the molecule is NC1CCCCC1c1ccc(Br)cc1. The summed E-state index contributed by atoms with van der Waals surface area (Å²) in [5.74, 6) is 0.580. The lowest BCUT2D eigenvalue weighted by molar-refractivity contribution is 0.385. The van der Waals surface area contributed by atoms with Crippen molar-refractivity contribution in [2.24, 2.45) is 5.73 Å². The summed E-state index contributed by atoms with van der Waals surface area (Å²) in [6.45, 7) is 0. The third kappa shape index (κ3) is 2.18. The van der Waals surface area contributed by atoms with Gasteiger partial charge >= 0.3 is 0 Å². The molecule has 0 aromatic heterocycles. The van der Waals surface area contributed by atoms with Crippen LogP contribution in [0.4, 0.5) is 0 Å². The summed E-state index contributed by atoms with van der Waals surface area (Å²) in [5.41, 5.74) is 7.54. The minimum atomic E-state index is 0.366. The zero-order valence-electron chi connectivity index (χ0n) is 8.25. The van der Waals surface area contributed by atoms with Gasteiger partial charge in [-0.1, -0.05) is 40.9 Å². The summed E-state index contributed by atoms with van der Waals surface area (Å²) in [6.07, 6.45) is 5.06. The minimum Gasteiger partial charge on any atom is -0.327 e. The fourth-order valence-corrected chi connectivity index (χ4v) is 2.55. The molecule has 1 aromatic carbocycles. The molecule has 2 N–H and O–H groups in total. The Bertz CT molecular complexity index is 294. The van der Waals surface area contributed by atoms with E-state index in [1.54, 1.807) is 0 Å². The molecule has 0 saturated heterocycles. The van der Waals surface area contributed by atoms with Crippen LogP contribution in [0.15, 0.2) is 28.7 Å². The maximum Gasteiger partial charge on any atom is 0.0175 e. The van der Waals surface area contributed by atoms with Gasteiger partial charge in [0.15, 0.2) is 0 Å². The summed E-state index contributed by atoms with van der Waals surface area (Å²) < 4.78 is 1.14. The van der Waals surface area contributed by atoms with E-state index < -0.39 is 0 Å². The van der Waals surface area contributed by atoms with E-state index in [1.165, 1.54) is 31.2 Å². The summed E-state index contributed by atoms with van der Waals surface area (Å²) in [5, 5.41) is 0. The summed E-state index contributed by atoms with van der Waals surface area (Å²) in [4.78, 5) is 0. The number of halogens is 1. The molecule has 0 amide bonds. The Kier molecular flexibility index (Phi) is 3.24. The maximum absolute atomic E-state index is 6.14. The van der Waals surface area contributed by atoms with Crippen molar-refractivity contribution in [3.63, 3.8) is 0 Å². The van der Waals surface area contributed by atoms with Gasteiger partial charge in [0.2, 0.25) is 0 Å². The van der Waals surface area contributed by atoms with Crippen molar-refractivity contribution in [2.75, 3.05) is 0 Å². The van der Waals surface area contributed by atoms with Crippen LogP contribution in [0.3, 0.4) is 0 Å². The zero-order chi connectivity index (χ0) is 9.97. The highest BCUT2D eigenvalue weighted by atomic mass is 79.9. The Morgan fingerprint density at radius 3 is 2.36 bits per heavy atom. The lowest BCUT2D eigenvalue weighted by Crippen LogP contribution is -2.31. The summed E-state index contributed by atoms with van der Waals surface area (Å²) in [6, 6.07) is 8.97. The second-order valence-corrected chi connectivity index (χ2v) is 5.02. The molecule has 0 spiro atoms. The number of nitrogens with two attached hydrogens (primary N) is 1. The van der Waals surface area contributed by atoms with Gasteiger partial charge in [0.25, 0.3) is 0 Å². The van der Waals surface area contributed by atoms with Gasteiger partial charge in [-0.05, 0) is 36.5 Å². The molecule has 1 aliphatic carbocycles. The first-order chi connectivity index (χ1) is 6.77. The first-order valence-corrected chi connectivity index (χ1v) is 6.08. The van der Waals surface area contributed by atoms with Crippen LogP contribution in [0.25, 0.3) is 0 Å². The molecule has 2 heteroatoms. The van der Waals surface area contributed by atoms with Crippen molar-refractivity contribution < 1.29 is 0 Å². The molecule has 1 aromatic rings. The van der Waals surface area contributed by atoms with Crippen molar-refractivity contribution in [3.05, 3.63) is 34.3 Å². The largest absolute Gasteiger partial charge is 0.327 e. The minimum absolute atomic E-state index is 0.366. The second-order valence-electron chi connectivity index (χ2n) is 4.11. The van der Waals surface area contributed by atoms with Gasteiger partial charge in [0, 0.05) is 10.5 Å². The molecule has 1 nitrogen and oxygen atoms in total. The summed E-state index contributed by atoms with van der Waals surface area (Å²) in [7, 11) is 0. The quantitative estimate of drug-likeness (QED) is 0.816. The molecule has 1 aliphatic rings. The first kappa shape index (κ1) is 10.2. The van der Waals surface area contributed by atoms with Gasteiger partial charge in [0.1, 0.15) is 0 Å². The van der Waals surface area contributed by atoms with Crippen LogP contribution in [0.5, 0.6) is 0 Å². The van der Waals surface area contributed by atoms with Crippen LogP contribution in [-0.4, -0.2) is 6.04 Å². The zero-order valence-corrected chi connectivity index (χ0v) is 9.83. The van der Waals surface area contributed by atoms with Crippen LogP contribution in [0, 0.1) is 0 Å². The van der Waals surface area contributed by atoms with E-state index in [-0.39, 0.29) is 0 Å². The predicted molar refractivity (Wildman–Crippen MR) is 63.3 cm³/mol. The molecule has 0 bridgehead atoms. The van der Waals surface area contributed by atoms with Crippen LogP contribution in [0.1, 0.15) is 37.2 Å². The molecule has 2 unspecified atom stereocenters. The van der Waals surface area contributed by atoms with E-state index in [0.29, 0.717) is 12.0 Å². The Labute approximate surface area is 93.8 Å². The van der Waals surface area contributed by atoms with E-state index in [2.05, 4.69) is 40.2 Å². The molecule has 0 heterocycles. The monoisotopic (exact) mass is 253 g/mol. The van der Waals surface area contributed by atoms with Crippen LogP contribution in [-0.2, 0) is 0 Å². The second kappa shape index (κ2) is 4.45. The van der Waals surface area contributed by atoms with Gasteiger partial charge in [-0.15, -0.1) is 0 Å². The highest BCUT2D eigenvalue weighted by Crippen LogP contribution is 2.32. The van der Waals surface area contributed by atoms with Crippen molar-refractivity contribution >= 4 is 15.9 Å². The van der Waals surface area contributed by atoms with Crippen LogP contribution in [0.2, 0.25) is 0 Å². The van der Waals surface area contributed by atoms with Gasteiger partial charge in [-0.25, -0.2) is 0 Å². The lowest BCUT2D eigenvalue weighted by atomic mass is 9.80. The Hall–Kier alpha value is -0.340. The highest BCUT2D eigenvalue weighted by molar-refractivity contribution is 9.10. The van der Waals surface area contributed by atoms with Gasteiger partial charge in [0.05, 0.1) is 0 Å². The maximum atomic E-state index is 6.14. The molecule has 2 rings (SSSR count). The fraction of sp³-hybridized carbons (Fsp3) is 0.500. The highest BCUT2D eigenvalue weighted by Gasteiger charge is 2.22. The Balaban J connectivity index is 2.16. The normalized spacial score (nSPS) is 27.6. The molecule has 14 heavy (non-hydrogen) atoms. The number of benzene rings is 1. The van der Waals surface area contributed by atoms with E-state index in [1.807, 2.05) is 0 Å². The van der Waals surface area contributed by atoms with Crippen molar-refractivity contribution in [2.45, 2.75) is 37.6 Å². The Morgan fingerprint density at radius 1 is 1.07 bits per heavy atom. The first-order valence-electron chi connectivity index (χ1n) is 5.28. The molecular formula is C12H16BrN. The topological polar surface area (TPSA) is 26.0 Å². The van der Waals surface area contributed by atoms with Crippen molar-refractivity contribution in [1.82, 2.24) is 0 Å². The van der Waals surface area contributed by atoms with Crippen molar-refractivity contribution in [1.29, 1.82) is 0 Å². The molecule has 76 valence electrons. The molecule has 0 radical (unpaired) electrons. The molecular weight excluding hydrogens is 238 g/mol. The van der Waals surface area contributed by atoms with Gasteiger partial charge in [-0.3, -0.25) is 0 Å². The van der Waals surface area contributed by atoms with E-state index in [4.69, 9.17) is 5.73 Å². The standard InChI is InChI=1S/C12H16BrN/c13-10-7-5-9(6-8-10)11-3-1-2-4-12(11)14/h5-8,11-12H,1-4,14H2. The summed E-state index contributed by atoms with van der Waals surface area (Å²) >= 11 is 3.45. The molecule has 1 saturated carbocycles. The van der Waals surface area contributed by atoms with Gasteiger partial charge < -0.3 is 5.73 Å². The smallest absolute Gasteiger partial charge is 0.0175 e. The molecule has 2 atom stereocenters. The average Bonchev–Trinajstić information content (AvgIpc) is 2.20. The third-order valence-corrected chi connectivity index (χ3v) is 3.65. The van der Waals surface area contributed by atoms with E-state index in [9.17, 15) is 0 Å². The molecule has 0 aliphatic heterocycles. The predicted octanol–water partition coefficient (Wildman–Crippen LogP) is 3.43. The Morgan fingerprint density at radius 2 is 1.71 bits per heavy atom. The number of hydrogen-bond donors (Lipinski definition) is 1. The van der Waals surface area contributed by atoms with E-state index >= 15 is 0 Å². The van der Waals surface area contributed by atoms with Crippen LogP contribution < -0.4 is 5.73 Å². The van der Waals surface area contributed by atoms with Crippen molar-refractivity contribution in [3.8, 4) is 0 Å². The fourth-order valence-electron chi connectivity index (χ4n) is 2.28. The third-order valence-electron chi connectivity index (χ3n) is 3.12.